The van der Waals surface area contributed by atoms with Crippen LogP contribution in [0.4, 0.5) is 5.69 Å². The van der Waals surface area contributed by atoms with Crippen LogP contribution in [0.15, 0.2) is 26.9 Å². The predicted octanol–water partition coefficient (Wildman–Crippen LogP) is 1.89. The number of imidazole rings is 1. The number of anilines is 1. The fourth-order valence-electron chi connectivity index (χ4n) is 3.38. The summed E-state index contributed by atoms with van der Waals surface area (Å²) >= 11 is 2.32. The zero-order valence-corrected chi connectivity index (χ0v) is 19.1. The minimum Gasteiger partial charge on any atom is -0.323 e. The summed E-state index contributed by atoms with van der Waals surface area (Å²) in [4.78, 5) is 42.2. The Kier molecular flexibility index (Phi) is 5.67. The summed E-state index contributed by atoms with van der Waals surface area (Å²) in [7, 11) is 3.03. The molecule has 0 radical (unpaired) electrons. The highest BCUT2D eigenvalue weighted by molar-refractivity contribution is 7.99. The number of hydrogen-bond acceptors (Lipinski definition) is 8. The molecule has 31 heavy (non-hydrogen) atoms. The number of hydrogen-bond donors (Lipinski definition) is 1. The van der Waals surface area contributed by atoms with Gasteiger partial charge in [0.1, 0.15) is 11.0 Å². The average Bonchev–Trinajstić information content (AvgIpc) is 3.37. The standard InChI is InChI=1S/C19H21N7O3S2/c1-5-8-26-15-16(24(3)19(29)25(4)17(15)28)21-18(26)30-9-12(27)20-13-10(2)6-7-11-14(13)23-31-22-11/h6-7H,5,8-9H2,1-4H3,(H,20,27). The van der Waals surface area contributed by atoms with Crippen molar-refractivity contribution < 1.29 is 4.79 Å². The number of amides is 1. The number of carbonyl (C=O) groups is 1. The molecule has 0 fully saturated rings. The van der Waals surface area contributed by atoms with E-state index in [2.05, 4.69) is 19.0 Å². The number of nitrogens with zero attached hydrogens (tertiary/aromatic N) is 6. The number of fused-ring (bicyclic) bond motifs is 2. The van der Waals surface area contributed by atoms with Crippen LogP contribution >= 0.6 is 23.5 Å². The van der Waals surface area contributed by atoms with Gasteiger partial charge in [-0.25, -0.2) is 9.78 Å². The van der Waals surface area contributed by atoms with Gasteiger partial charge < -0.3 is 9.88 Å². The van der Waals surface area contributed by atoms with E-state index < -0.39 is 11.2 Å². The summed E-state index contributed by atoms with van der Waals surface area (Å²) in [6.45, 7) is 4.44. The van der Waals surface area contributed by atoms with Crippen molar-refractivity contribution in [2.75, 3.05) is 11.1 Å². The molecule has 0 unspecified atom stereocenters. The molecule has 0 saturated carbocycles. The summed E-state index contributed by atoms with van der Waals surface area (Å²) in [6.07, 6.45) is 0.773. The first-order valence-electron chi connectivity index (χ1n) is 9.64. The Morgan fingerprint density at radius 3 is 2.71 bits per heavy atom. The van der Waals surface area contributed by atoms with Gasteiger partial charge in [0.2, 0.25) is 5.91 Å². The molecule has 162 valence electrons. The van der Waals surface area contributed by atoms with Crippen LogP contribution in [0.3, 0.4) is 0 Å². The number of benzene rings is 1. The van der Waals surface area contributed by atoms with Gasteiger partial charge in [-0.1, -0.05) is 24.8 Å². The zero-order valence-electron chi connectivity index (χ0n) is 17.5. The Balaban J connectivity index is 1.64. The van der Waals surface area contributed by atoms with Crippen molar-refractivity contribution in [3.05, 3.63) is 38.5 Å². The van der Waals surface area contributed by atoms with Gasteiger partial charge in [0, 0.05) is 20.6 Å². The second-order valence-electron chi connectivity index (χ2n) is 7.15. The molecule has 4 rings (SSSR count). The van der Waals surface area contributed by atoms with Crippen molar-refractivity contribution >= 4 is 57.3 Å². The lowest BCUT2D eigenvalue weighted by Crippen LogP contribution is -2.37. The third-order valence-corrected chi connectivity index (χ3v) is 6.51. The second kappa shape index (κ2) is 8.27. The minimum absolute atomic E-state index is 0.0920. The number of rotatable bonds is 6. The van der Waals surface area contributed by atoms with Gasteiger partial charge in [-0.15, -0.1) is 0 Å². The molecule has 0 saturated heterocycles. The summed E-state index contributed by atoms with van der Waals surface area (Å²) in [5.41, 5.74) is 2.80. The molecule has 1 aromatic carbocycles. The van der Waals surface area contributed by atoms with Crippen molar-refractivity contribution in [2.45, 2.75) is 32.0 Å². The average molecular weight is 460 g/mol. The van der Waals surface area contributed by atoms with Gasteiger partial charge in [-0.3, -0.25) is 18.7 Å². The van der Waals surface area contributed by atoms with E-state index in [0.29, 0.717) is 34.1 Å². The van der Waals surface area contributed by atoms with Crippen LogP contribution in [-0.2, 0) is 25.4 Å². The van der Waals surface area contributed by atoms with Crippen molar-refractivity contribution in [1.82, 2.24) is 27.4 Å². The van der Waals surface area contributed by atoms with E-state index in [0.717, 1.165) is 33.8 Å². The lowest BCUT2D eigenvalue weighted by molar-refractivity contribution is -0.113. The Labute approximate surface area is 185 Å². The molecular formula is C19H21N7O3S2. The molecule has 1 N–H and O–H groups in total. The first kappa shape index (κ1) is 21.2. The normalized spacial score (nSPS) is 11.5. The fourth-order valence-corrected chi connectivity index (χ4v) is 4.75. The van der Waals surface area contributed by atoms with Crippen LogP contribution in [-0.4, -0.2) is 39.1 Å². The van der Waals surface area contributed by atoms with Gasteiger partial charge in [-0.2, -0.15) is 8.75 Å². The zero-order chi connectivity index (χ0) is 22.3. The van der Waals surface area contributed by atoms with Crippen LogP contribution in [0.2, 0.25) is 0 Å². The van der Waals surface area contributed by atoms with Gasteiger partial charge in [0.15, 0.2) is 16.3 Å². The van der Waals surface area contributed by atoms with Crippen LogP contribution < -0.4 is 16.6 Å². The van der Waals surface area contributed by atoms with Crippen LogP contribution in [0.5, 0.6) is 0 Å². The molecule has 3 heterocycles. The van der Waals surface area contributed by atoms with Crippen molar-refractivity contribution in [2.24, 2.45) is 14.1 Å². The van der Waals surface area contributed by atoms with Gasteiger partial charge in [0.25, 0.3) is 5.56 Å². The quantitative estimate of drug-likeness (QED) is 0.438. The number of carbonyl (C=O) groups excluding carboxylic acids is 1. The summed E-state index contributed by atoms with van der Waals surface area (Å²) in [5.74, 6) is -0.125. The number of aromatic nitrogens is 6. The maximum absolute atomic E-state index is 12.7. The number of nitrogens with one attached hydrogen (secondary N) is 1. The molecule has 0 spiro atoms. The van der Waals surface area contributed by atoms with E-state index in [1.807, 2.05) is 26.0 Å². The molecule has 0 aliphatic heterocycles. The SMILES string of the molecule is CCCn1c(SCC(=O)Nc2c(C)ccc3nsnc23)nc2c1c(=O)n(C)c(=O)n2C. The third kappa shape index (κ3) is 3.65. The summed E-state index contributed by atoms with van der Waals surface area (Å²) in [6, 6.07) is 3.76. The largest absolute Gasteiger partial charge is 0.332 e. The maximum atomic E-state index is 12.7. The smallest absolute Gasteiger partial charge is 0.323 e. The lowest BCUT2D eigenvalue weighted by atomic mass is 10.1. The van der Waals surface area contributed by atoms with Crippen molar-refractivity contribution in [3.8, 4) is 0 Å². The fraction of sp³-hybridized carbons (Fsp3) is 0.368. The monoisotopic (exact) mass is 459 g/mol. The summed E-state index contributed by atoms with van der Waals surface area (Å²) < 4.78 is 12.7. The predicted molar refractivity (Wildman–Crippen MR) is 122 cm³/mol. The molecule has 0 aliphatic rings. The lowest BCUT2D eigenvalue weighted by Gasteiger charge is -2.10. The first-order chi connectivity index (χ1) is 14.8. The third-order valence-electron chi connectivity index (χ3n) is 4.99. The Hall–Kier alpha value is -2.99. The highest BCUT2D eigenvalue weighted by Gasteiger charge is 2.20. The minimum atomic E-state index is -0.437. The Morgan fingerprint density at radius 2 is 1.97 bits per heavy atom. The molecular weight excluding hydrogens is 438 g/mol. The van der Waals surface area contributed by atoms with E-state index in [1.54, 1.807) is 11.6 Å². The molecule has 10 nitrogen and oxygen atoms in total. The highest BCUT2D eigenvalue weighted by Crippen LogP contribution is 2.27. The van der Waals surface area contributed by atoms with E-state index in [4.69, 9.17) is 0 Å². The molecule has 0 aliphatic carbocycles. The second-order valence-corrected chi connectivity index (χ2v) is 8.62. The van der Waals surface area contributed by atoms with Crippen molar-refractivity contribution in [1.29, 1.82) is 0 Å². The molecule has 0 bridgehead atoms. The summed E-state index contributed by atoms with van der Waals surface area (Å²) in [5, 5.41) is 3.45. The molecule has 0 atom stereocenters. The van der Waals surface area contributed by atoms with Crippen LogP contribution in [0.25, 0.3) is 22.2 Å². The molecule has 4 aromatic rings. The van der Waals surface area contributed by atoms with Crippen LogP contribution in [0, 0.1) is 6.92 Å². The Bertz CT molecular complexity index is 1430. The topological polar surface area (TPSA) is 117 Å². The molecule has 1 amide bonds. The van der Waals surface area contributed by atoms with E-state index >= 15 is 0 Å². The van der Waals surface area contributed by atoms with Gasteiger partial charge >= 0.3 is 5.69 Å². The van der Waals surface area contributed by atoms with E-state index in [9.17, 15) is 14.4 Å². The highest BCUT2D eigenvalue weighted by atomic mass is 32.2. The first-order valence-corrected chi connectivity index (χ1v) is 11.4. The van der Waals surface area contributed by atoms with Gasteiger partial charge in [0.05, 0.1) is 23.2 Å². The molecule has 3 aromatic heterocycles. The van der Waals surface area contributed by atoms with E-state index in [-0.39, 0.29) is 11.7 Å². The molecule has 12 heteroatoms. The van der Waals surface area contributed by atoms with E-state index in [1.165, 1.54) is 23.4 Å². The number of thioether (sulfide) groups is 1. The maximum Gasteiger partial charge on any atom is 0.332 e. The van der Waals surface area contributed by atoms with Gasteiger partial charge in [-0.05, 0) is 25.0 Å². The number of aryl methyl sites for hydroxylation is 3. The van der Waals surface area contributed by atoms with Crippen molar-refractivity contribution in [3.63, 3.8) is 0 Å². The Morgan fingerprint density at radius 1 is 1.19 bits per heavy atom. The van der Waals surface area contributed by atoms with Crippen LogP contribution in [0.1, 0.15) is 18.9 Å².